The SMILES string of the molecule is O=C(Nc1ccc(N([O-])O)cc1)N(c1ccccc1)c1cc(N2CCOCC2)ccn1. The van der Waals surface area contributed by atoms with Crippen molar-refractivity contribution in [1.82, 2.24) is 4.98 Å². The molecule has 2 heterocycles. The maximum atomic E-state index is 13.2. The van der Waals surface area contributed by atoms with E-state index >= 15 is 0 Å². The number of morpholine rings is 1. The zero-order valence-electron chi connectivity index (χ0n) is 16.7. The molecule has 3 aromatic rings. The predicted octanol–water partition coefficient (Wildman–Crippen LogP) is 3.98. The van der Waals surface area contributed by atoms with Gasteiger partial charge in [0.1, 0.15) is 5.82 Å². The normalized spacial score (nSPS) is 13.5. The molecule has 1 fully saturated rings. The van der Waals surface area contributed by atoms with Crippen LogP contribution in [0.4, 0.5) is 33.4 Å². The zero-order valence-corrected chi connectivity index (χ0v) is 16.7. The largest absolute Gasteiger partial charge is 0.733 e. The minimum Gasteiger partial charge on any atom is -0.733 e. The number of carbonyl (C=O) groups excluding carboxylic acids is 1. The van der Waals surface area contributed by atoms with Crippen LogP contribution in [0.15, 0.2) is 72.9 Å². The van der Waals surface area contributed by atoms with E-state index in [1.54, 1.807) is 6.20 Å². The van der Waals surface area contributed by atoms with Gasteiger partial charge in [-0.3, -0.25) is 5.21 Å². The fourth-order valence-electron chi connectivity index (χ4n) is 3.33. The Morgan fingerprint density at radius 1 is 1.03 bits per heavy atom. The summed E-state index contributed by atoms with van der Waals surface area (Å²) in [6.45, 7) is 2.86. The summed E-state index contributed by atoms with van der Waals surface area (Å²) < 4.78 is 5.43. The zero-order chi connectivity index (χ0) is 21.6. The summed E-state index contributed by atoms with van der Waals surface area (Å²) in [6, 6.07) is 18.5. The van der Waals surface area contributed by atoms with Gasteiger partial charge in [0.15, 0.2) is 0 Å². The van der Waals surface area contributed by atoms with Gasteiger partial charge in [-0.2, -0.15) is 0 Å². The summed E-state index contributed by atoms with van der Waals surface area (Å²) in [7, 11) is 0. The van der Waals surface area contributed by atoms with Crippen molar-refractivity contribution >= 4 is 34.6 Å². The minimum atomic E-state index is -0.409. The van der Waals surface area contributed by atoms with Crippen LogP contribution in [0.25, 0.3) is 0 Å². The van der Waals surface area contributed by atoms with Crippen molar-refractivity contribution in [3.63, 3.8) is 0 Å². The molecule has 0 saturated carbocycles. The molecule has 9 nitrogen and oxygen atoms in total. The molecular weight excluding hydrogens is 398 g/mol. The number of anilines is 5. The number of hydrogen-bond donors (Lipinski definition) is 2. The molecule has 0 radical (unpaired) electrons. The number of hydrogen-bond acceptors (Lipinski definition) is 7. The van der Waals surface area contributed by atoms with Gasteiger partial charge in [0, 0.05) is 36.7 Å². The number of aromatic nitrogens is 1. The van der Waals surface area contributed by atoms with Crippen LogP contribution in [0.1, 0.15) is 0 Å². The smallest absolute Gasteiger partial charge is 0.332 e. The highest BCUT2D eigenvalue weighted by Crippen LogP contribution is 2.28. The van der Waals surface area contributed by atoms with Crippen LogP contribution in [0, 0.1) is 5.21 Å². The molecule has 1 saturated heterocycles. The highest BCUT2D eigenvalue weighted by atomic mass is 16.8. The number of amides is 2. The van der Waals surface area contributed by atoms with Crippen molar-refractivity contribution in [2.75, 3.05) is 46.6 Å². The lowest BCUT2D eigenvalue weighted by Crippen LogP contribution is -2.36. The number of nitrogens with zero attached hydrogens (tertiary/aromatic N) is 4. The van der Waals surface area contributed by atoms with Gasteiger partial charge in [0.05, 0.1) is 24.6 Å². The van der Waals surface area contributed by atoms with E-state index in [1.165, 1.54) is 29.2 Å². The third kappa shape index (κ3) is 4.92. The van der Waals surface area contributed by atoms with Gasteiger partial charge >= 0.3 is 6.03 Å². The Bertz CT molecular complexity index is 1010. The average molecular weight is 420 g/mol. The molecule has 160 valence electrons. The van der Waals surface area contributed by atoms with Gasteiger partial charge in [-0.15, -0.1) is 0 Å². The lowest BCUT2D eigenvalue weighted by molar-refractivity contribution is 0.122. The van der Waals surface area contributed by atoms with E-state index in [4.69, 9.17) is 9.94 Å². The summed E-state index contributed by atoms with van der Waals surface area (Å²) in [4.78, 5) is 21.4. The maximum absolute atomic E-state index is 13.2. The Morgan fingerprint density at radius 3 is 2.42 bits per heavy atom. The maximum Gasteiger partial charge on any atom is 0.332 e. The van der Waals surface area contributed by atoms with Gasteiger partial charge in [-0.05, 0) is 42.5 Å². The number of benzene rings is 2. The molecule has 2 amide bonds. The van der Waals surface area contributed by atoms with Gasteiger partial charge in [-0.25, -0.2) is 14.7 Å². The molecule has 0 aliphatic carbocycles. The molecule has 0 unspecified atom stereocenters. The lowest BCUT2D eigenvalue weighted by Gasteiger charge is -2.30. The van der Waals surface area contributed by atoms with Crippen molar-refractivity contribution in [2.24, 2.45) is 0 Å². The van der Waals surface area contributed by atoms with Gasteiger partial charge in [-0.1, -0.05) is 18.2 Å². The van der Waals surface area contributed by atoms with E-state index in [0.29, 0.717) is 30.4 Å². The Balaban J connectivity index is 1.62. The van der Waals surface area contributed by atoms with E-state index in [-0.39, 0.29) is 10.9 Å². The third-order valence-electron chi connectivity index (χ3n) is 4.89. The van der Waals surface area contributed by atoms with Crippen molar-refractivity contribution in [3.8, 4) is 0 Å². The Kier molecular flexibility index (Phi) is 6.27. The Labute approximate surface area is 179 Å². The van der Waals surface area contributed by atoms with Gasteiger partial charge in [0.25, 0.3) is 0 Å². The number of nitrogens with one attached hydrogen (secondary N) is 1. The van der Waals surface area contributed by atoms with Crippen LogP contribution < -0.4 is 20.3 Å². The van der Waals surface area contributed by atoms with E-state index in [2.05, 4.69) is 15.2 Å². The first-order chi connectivity index (χ1) is 15.1. The third-order valence-corrected chi connectivity index (χ3v) is 4.89. The molecule has 2 aromatic carbocycles. The second-order valence-corrected chi connectivity index (χ2v) is 6.89. The minimum absolute atomic E-state index is 0.0674. The molecule has 0 bridgehead atoms. The number of urea groups is 1. The second kappa shape index (κ2) is 9.43. The number of carbonyl (C=O) groups is 1. The predicted molar refractivity (Wildman–Crippen MR) is 119 cm³/mol. The Hall–Kier alpha value is -3.66. The standard InChI is InChI=1S/C22H22N5O4/c28-22(24-17-6-8-19(9-7-17)27(29)30)26(18-4-2-1-3-5-18)21-16-20(10-11-23-21)25-12-14-31-15-13-25/h1-11,16,29H,12-15H2,(H,24,28)/q-1. The quantitative estimate of drug-likeness (QED) is 0.602. The van der Waals surface area contributed by atoms with Crippen LogP contribution in [-0.2, 0) is 4.74 Å². The van der Waals surface area contributed by atoms with Crippen LogP contribution >= 0.6 is 0 Å². The molecule has 1 aliphatic heterocycles. The highest BCUT2D eigenvalue weighted by molar-refractivity contribution is 6.06. The number of ether oxygens (including phenoxy) is 1. The first-order valence-electron chi connectivity index (χ1n) is 9.83. The van der Waals surface area contributed by atoms with Gasteiger partial charge in [0.2, 0.25) is 0 Å². The monoisotopic (exact) mass is 420 g/mol. The first kappa shape index (κ1) is 20.6. The number of para-hydroxylation sites is 1. The Morgan fingerprint density at radius 2 is 1.74 bits per heavy atom. The molecule has 2 N–H and O–H groups in total. The van der Waals surface area contributed by atoms with Gasteiger partial charge < -0.3 is 25.4 Å². The van der Waals surface area contributed by atoms with Crippen molar-refractivity contribution in [2.45, 2.75) is 0 Å². The second-order valence-electron chi connectivity index (χ2n) is 6.89. The van der Waals surface area contributed by atoms with Crippen molar-refractivity contribution in [1.29, 1.82) is 0 Å². The van der Waals surface area contributed by atoms with E-state index in [1.807, 2.05) is 42.5 Å². The molecule has 4 rings (SSSR count). The summed E-state index contributed by atoms with van der Waals surface area (Å²) in [5.74, 6) is 0.477. The van der Waals surface area contributed by atoms with E-state index < -0.39 is 6.03 Å². The van der Waals surface area contributed by atoms with Crippen LogP contribution in [-0.4, -0.2) is 42.5 Å². The fraction of sp³-hybridized carbons (Fsp3) is 0.182. The summed E-state index contributed by atoms with van der Waals surface area (Å²) in [5.41, 5.74) is 2.16. The number of pyridine rings is 1. The molecule has 0 spiro atoms. The lowest BCUT2D eigenvalue weighted by atomic mass is 10.2. The van der Waals surface area contributed by atoms with E-state index in [0.717, 1.165) is 18.8 Å². The first-order valence-corrected chi connectivity index (χ1v) is 9.83. The van der Waals surface area contributed by atoms with Crippen molar-refractivity contribution in [3.05, 3.63) is 78.1 Å². The number of rotatable bonds is 5. The molecule has 31 heavy (non-hydrogen) atoms. The summed E-state index contributed by atoms with van der Waals surface area (Å²) in [5, 5.41) is 22.5. The fourth-order valence-corrected chi connectivity index (χ4v) is 3.33. The van der Waals surface area contributed by atoms with Crippen LogP contribution in [0.5, 0.6) is 0 Å². The summed E-state index contributed by atoms with van der Waals surface area (Å²) in [6.07, 6.45) is 1.68. The summed E-state index contributed by atoms with van der Waals surface area (Å²) >= 11 is 0. The molecule has 1 aromatic heterocycles. The van der Waals surface area contributed by atoms with Crippen LogP contribution in [0.3, 0.4) is 0 Å². The average Bonchev–Trinajstić information content (AvgIpc) is 2.81. The molecule has 0 atom stereocenters. The topological polar surface area (TPSA) is 104 Å². The van der Waals surface area contributed by atoms with Crippen molar-refractivity contribution < 1.29 is 14.7 Å². The molecule has 9 heteroatoms. The van der Waals surface area contributed by atoms with Crippen LogP contribution in [0.2, 0.25) is 0 Å². The van der Waals surface area contributed by atoms with E-state index in [9.17, 15) is 10.0 Å². The molecular formula is C22H22N5O4-. The highest BCUT2D eigenvalue weighted by Gasteiger charge is 2.21. The molecule has 1 aliphatic rings.